The van der Waals surface area contributed by atoms with Crippen LogP contribution in [0.4, 0.5) is 5.69 Å². The number of aromatic nitrogens is 2. The van der Waals surface area contributed by atoms with Crippen LogP contribution >= 0.6 is 0 Å². The van der Waals surface area contributed by atoms with Gasteiger partial charge in [-0.2, -0.15) is 15.6 Å². The lowest BCUT2D eigenvalue weighted by Crippen LogP contribution is -2.02. The number of hydrogen-bond donors (Lipinski definition) is 0. The van der Waals surface area contributed by atoms with Crippen molar-refractivity contribution in [3.63, 3.8) is 0 Å². The standard InChI is InChI=1S/C15H11N5O3/c1-23-15-3-2-11(4-12(6-16)7-17)5-13(15)9-19-10-14(8-18-19)20(21)22/h2-5,8,10H,9H2,1H3. The average Bonchev–Trinajstić information content (AvgIpc) is 3.01. The molecule has 0 atom stereocenters. The predicted octanol–water partition coefficient (Wildman–Crippen LogP) is 2.28. The second-order valence-corrected chi connectivity index (χ2v) is 4.51. The normalized spacial score (nSPS) is 9.52. The molecular formula is C15H11N5O3. The van der Waals surface area contributed by atoms with E-state index < -0.39 is 4.92 Å². The molecule has 1 aromatic heterocycles. The highest BCUT2D eigenvalue weighted by Crippen LogP contribution is 2.23. The van der Waals surface area contributed by atoms with Gasteiger partial charge in [-0.15, -0.1) is 0 Å². The zero-order valence-corrected chi connectivity index (χ0v) is 12.1. The Hall–Kier alpha value is -3.65. The Bertz CT molecular complexity index is 839. The van der Waals surface area contributed by atoms with Gasteiger partial charge >= 0.3 is 5.69 Å². The molecule has 23 heavy (non-hydrogen) atoms. The van der Waals surface area contributed by atoms with Gasteiger partial charge in [0.25, 0.3) is 0 Å². The van der Waals surface area contributed by atoms with Crippen molar-refractivity contribution in [1.29, 1.82) is 10.5 Å². The summed E-state index contributed by atoms with van der Waals surface area (Å²) in [5.41, 5.74) is 1.25. The molecule has 1 heterocycles. The maximum atomic E-state index is 10.7. The van der Waals surface area contributed by atoms with Crippen LogP contribution in [-0.4, -0.2) is 21.8 Å². The molecule has 0 amide bonds. The third-order valence-corrected chi connectivity index (χ3v) is 3.02. The van der Waals surface area contributed by atoms with E-state index in [-0.39, 0.29) is 17.8 Å². The summed E-state index contributed by atoms with van der Waals surface area (Å²) in [6.07, 6.45) is 3.94. The fourth-order valence-corrected chi connectivity index (χ4v) is 1.98. The number of ether oxygens (including phenoxy) is 1. The van der Waals surface area contributed by atoms with Crippen molar-refractivity contribution in [1.82, 2.24) is 9.78 Å². The molecule has 8 heteroatoms. The maximum Gasteiger partial charge on any atom is 0.307 e. The number of nitrogens with zero attached hydrogens (tertiary/aromatic N) is 5. The summed E-state index contributed by atoms with van der Waals surface area (Å²) in [5, 5.41) is 32.2. The second-order valence-electron chi connectivity index (χ2n) is 4.51. The van der Waals surface area contributed by atoms with Crippen LogP contribution < -0.4 is 4.74 Å². The zero-order chi connectivity index (χ0) is 16.8. The molecule has 0 spiro atoms. The molecule has 0 aliphatic carbocycles. The summed E-state index contributed by atoms with van der Waals surface area (Å²) >= 11 is 0. The lowest BCUT2D eigenvalue weighted by Gasteiger charge is -2.09. The number of benzene rings is 1. The fraction of sp³-hybridized carbons (Fsp3) is 0.133. The minimum absolute atomic E-state index is 0.0177. The first-order valence-electron chi connectivity index (χ1n) is 6.43. The smallest absolute Gasteiger partial charge is 0.307 e. The Kier molecular flexibility index (Phi) is 4.70. The van der Waals surface area contributed by atoms with Crippen molar-refractivity contribution in [3.05, 3.63) is 57.4 Å². The van der Waals surface area contributed by atoms with Gasteiger partial charge < -0.3 is 4.74 Å². The third-order valence-electron chi connectivity index (χ3n) is 3.02. The van der Waals surface area contributed by atoms with Crippen molar-refractivity contribution >= 4 is 11.8 Å². The van der Waals surface area contributed by atoms with Crippen molar-refractivity contribution in [2.24, 2.45) is 0 Å². The summed E-state index contributed by atoms with van der Waals surface area (Å²) < 4.78 is 6.67. The van der Waals surface area contributed by atoms with E-state index in [2.05, 4.69) is 5.10 Å². The monoisotopic (exact) mass is 309 g/mol. The summed E-state index contributed by atoms with van der Waals surface area (Å²) in [4.78, 5) is 10.2. The van der Waals surface area contributed by atoms with Gasteiger partial charge in [0.05, 0.1) is 18.6 Å². The van der Waals surface area contributed by atoms with E-state index in [4.69, 9.17) is 15.3 Å². The minimum Gasteiger partial charge on any atom is -0.496 e. The fourth-order valence-electron chi connectivity index (χ4n) is 1.98. The molecule has 2 rings (SSSR count). The number of hydrogen-bond acceptors (Lipinski definition) is 6. The van der Waals surface area contributed by atoms with Crippen molar-refractivity contribution in [2.45, 2.75) is 6.54 Å². The van der Waals surface area contributed by atoms with Crippen LogP contribution in [-0.2, 0) is 6.54 Å². The van der Waals surface area contributed by atoms with Crippen LogP contribution in [0.5, 0.6) is 5.75 Å². The van der Waals surface area contributed by atoms with E-state index in [1.807, 2.05) is 0 Å². The van der Waals surface area contributed by atoms with Gasteiger partial charge in [-0.3, -0.25) is 14.8 Å². The van der Waals surface area contributed by atoms with Crippen molar-refractivity contribution < 1.29 is 9.66 Å². The number of nitriles is 2. The molecule has 1 aromatic carbocycles. The number of allylic oxidation sites excluding steroid dienone is 1. The first-order chi connectivity index (χ1) is 11.1. The molecule has 0 saturated heterocycles. The van der Waals surface area contributed by atoms with Crippen LogP contribution in [0.3, 0.4) is 0 Å². The highest BCUT2D eigenvalue weighted by atomic mass is 16.6. The Morgan fingerprint density at radius 2 is 2.22 bits per heavy atom. The van der Waals surface area contributed by atoms with Gasteiger partial charge in [0.2, 0.25) is 0 Å². The largest absolute Gasteiger partial charge is 0.496 e. The van der Waals surface area contributed by atoms with Gasteiger partial charge in [0.15, 0.2) is 0 Å². The van der Waals surface area contributed by atoms with E-state index in [1.54, 1.807) is 30.3 Å². The molecule has 0 radical (unpaired) electrons. The van der Waals surface area contributed by atoms with Crippen LogP contribution in [0.1, 0.15) is 11.1 Å². The van der Waals surface area contributed by atoms with E-state index in [0.717, 1.165) is 5.56 Å². The predicted molar refractivity (Wildman–Crippen MR) is 80.2 cm³/mol. The highest BCUT2D eigenvalue weighted by molar-refractivity contribution is 5.63. The average molecular weight is 309 g/mol. The lowest BCUT2D eigenvalue weighted by atomic mass is 10.1. The molecule has 0 saturated carbocycles. The first kappa shape index (κ1) is 15.7. The van der Waals surface area contributed by atoms with Crippen LogP contribution in [0.15, 0.2) is 36.2 Å². The first-order valence-corrected chi connectivity index (χ1v) is 6.43. The van der Waals surface area contributed by atoms with Crippen LogP contribution in [0, 0.1) is 32.8 Å². The quantitative estimate of drug-likeness (QED) is 0.475. The Morgan fingerprint density at radius 1 is 1.48 bits per heavy atom. The van der Waals surface area contributed by atoms with Crippen molar-refractivity contribution in [3.8, 4) is 17.9 Å². The van der Waals surface area contributed by atoms with E-state index in [1.165, 1.54) is 30.3 Å². The Balaban J connectivity index is 2.36. The molecular weight excluding hydrogens is 298 g/mol. The highest BCUT2D eigenvalue weighted by Gasteiger charge is 2.11. The summed E-state index contributed by atoms with van der Waals surface area (Å²) in [7, 11) is 1.51. The zero-order valence-electron chi connectivity index (χ0n) is 12.1. The molecule has 8 nitrogen and oxygen atoms in total. The van der Waals surface area contributed by atoms with E-state index in [0.29, 0.717) is 11.3 Å². The minimum atomic E-state index is -0.522. The van der Waals surface area contributed by atoms with Gasteiger partial charge in [-0.25, -0.2) is 0 Å². The molecule has 0 aliphatic heterocycles. The van der Waals surface area contributed by atoms with E-state index in [9.17, 15) is 10.1 Å². The molecule has 0 unspecified atom stereocenters. The number of nitro groups is 1. The Labute approximate surface area is 131 Å². The van der Waals surface area contributed by atoms with Gasteiger partial charge in [-0.1, -0.05) is 6.07 Å². The van der Waals surface area contributed by atoms with Gasteiger partial charge in [-0.05, 0) is 23.8 Å². The number of rotatable bonds is 5. The summed E-state index contributed by atoms with van der Waals surface area (Å²) in [6, 6.07) is 8.73. The third kappa shape index (κ3) is 3.71. The summed E-state index contributed by atoms with van der Waals surface area (Å²) in [5.74, 6) is 0.579. The molecule has 0 N–H and O–H groups in total. The van der Waals surface area contributed by atoms with E-state index >= 15 is 0 Å². The maximum absolute atomic E-state index is 10.7. The van der Waals surface area contributed by atoms with Gasteiger partial charge in [0.1, 0.15) is 35.9 Å². The summed E-state index contributed by atoms with van der Waals surface area (Å²) in [6.45, 7) is 0.257. The topological polar surface area (TPSA) is 118 Å². The number of methoxy groups -OCH3 is 1. The van der Waals surface area contributed by atoms with Crippen LogP contribution in [0.25, 0.3) is 6.08 Å². The van der Waals surface area contributed by atoms with Crippen molar-refractivity contribution in [2.75, 3.05) is 7.11 Å². The van der Waals surface area contributed by atoms with Gasteiger partial charge in [0, 0.05) is 5.56 Å². The molecule has 0 fully saturated rings. The second kappa shape index (κ2) is 6.87. The molecule has 0 aliphatic rings. The Morgan fingerprint density at radius 3 is 2.78 bits per heavy atom. The van der Waals surface area contributed by atoms with Crippen LogP contribution in [0.2, 0.25) is 0 Å². The molecule has 114 valence electrons. The SMILES string of the molecule is COc1ccc(C=C(C#N)C#N)cc1Cn1cc([N+](=O)[O-])cn1. The molecule has 2 aromatic rings. The molecule has 0 bridgehead atoms. The lowest BCUT2D eigenvalue weighted by molar-refractivity contribution is -0.385.